The van der Waals surface area contributed by atoms with Crippen LogP contribution >= 0.6 is 11.6 Å². The highest BCUT2D eigenvalue weighted by molar-refractivity contribution is 6.28. The molecule has 3 amide bonds. The Hall–Kier alpha value is -1.03. The zero-order valence-corrected chi connectivity index (χ0v) is 8.80. The van der Waals surface area contributed by atoms with E-state index in [0.29, 0.717) is 13.1 Å². The number of halogens is 1. The van der Waals surface area contributed by atoms with Crippen molar-refractivity contribution in [1.29, 1.82) is 0 Å². The van der Waals surface area contributed by atoms with Crippen molar-refractivity contribution in [2.24, 2.45) is 0 Å². The number of rotatable bonds is 1. The van der Waals surface area contributed by atoms with E-state index in [4.69, 9.17) is 11.6 Å². The van der Waals surface area contributed by atoms with Crippen LogP contribution < -0.4 is 5.32 Å². The summed E-state index contributed by atoms with van der Waals surface area (Å²) in [5, 5.41) is 2.21. The second-order valence-electron chi connectivity index (χ2n) is 3.25. The minimum absolute atomic E-state index is 0.186. The Bertz CT molecular complexity index is 276. The lowest BCUT2D eigenvalue weighted by molar-refractivity contribution is -0.117. The normalized spacial score (nSPS) is 16.1. The molecular formula is C9H13ClN2O2. The summed E-state index contributed by atoms with van der Waals surface area (Å²) in [4.78, 5) is 23.9. The Morgan fingerprint density at radius 2 is 2.36 bits per heavy atom. The minimum atomic E-state index is -0.455. The third-order valence-electron chi connectivity index (χ3n) is 1.99. The average molecular weight is 217 g/mol. The van der Waals surface area contributed by atoms with Crippen LogP contribution in [0.3, 0.4) is 0 Å². The Morgan fingerprint density at radius 1 is 1.64 bits per heavy atom. The van der Waals surface area contributed by atoms with Gasteiger partial charge >= 0.3 is 6.03 Å². The van der Waals surface area contributed by atoms with E-state index in [0.717, 1.165) is 12.0 Å². The summed E-state index contributed by atoms with van der Waals surface area (Å²) in [6.45, 7) is 3.20. The van der Waals surface area contributed by atoms with Gasteiger partial charge in [0.25, 0.3) is 0 Å². The summed E-state index contributed by atoms with van der Waals surface area (Å²) in [6, 6.07) is -0.358. The molecule has 1 aliphatic heterocycles. The van der Waals surface area contributed by atoms with Crippen LogP contribution in [0.5, 0.6) is 0 Å². The van der Waals surface area contributed by atoms with Gasteiger partial charge in [0.2, 0.25) is 5.91 Å². The van der Waals surface area contributed by atoms with Crippen molar-refractivity contribution in [1.82, 2.24) is 10.2 Å². The molecule has 0 fully saturated rings. The molecule has 14 heavy (non-hydrogen) atoms. The molecular weight excluding hydrogens is 204 g/mol. The smallest absolute Gasteiger partial charge is 0.320 e. The summed E-state index contributed by atoms with van der Waals surface area (Å²) in [5.41, 5.74) is 1.14. The first-order chi connectivity index (χ1) is 6.63. The number of alkyl halides is 1. The molecule has 78 valence electrons. The molecule has 5 heteroatoms. The molecule has 0 radical (unpaired) electrons. The highest BCUT2D eigenvalue weighted by atomic mass is 35.5. The van der Waals surface area contributed by atoms with E-state index in [1.807, 2.05) is 6.92 Å². The third-order valence-corrected chi connectivity index (χ3v) is 2.23. The van der Waals surface area contributed by atoms with Crippen LogP contribution in [0.15, 0.2) is 11.6 Å². The molecule has 0 aromatic carbocycles. The molecule has 0 saturated carbocycles. The summed E-state index contributed by atoms with van der Waals surface area (Å²) < 4.78 is 0. The summed E-state index contributed by atoms with van der Waals surface area (Å²) >= 11 is 5.27. The fraction of sp³-hybridized carbons (Fsp3) is 0.556. The first-order valence-electron chi connectivity index (χ1n) is 4.44. The van der Waals surface area contributed by atoms with Crippen LogP contribution in [0.2, 0.25) is 0 Å². The van der Waals surface area contributed by atoms with Crippen LogP contribution in [0.25, 0.3) is 0 Å². The molecule has 1 heterocycles. The van der Waals surface area contributed by atoms with Gasteiger partial charge in [0.1, 0.15) is 5.88 Å². The van der Waals surface area contributed by atoms with Crippen molar-refractivity contribution in [3.05, 3.63) is 11.6 Å². The highest BCUT2D eigenvalue weighted by Crippen LogP contribution is 2.08. The maximum Gasteiger partial charge on any atom is 0.324 e. The summed E-state index contributed by atoms with van der Waals surface area (Å²) in [7, 11) is 0. The van der Waals surface area contributed by atoms with Crippen LogP contribution in [-0.2, 0) is 4.79 Å². The van der Waals surface area contributed by atoms with Gasteiger partial charge in [0.15, 0.2) is 0 Å². The quantitative estimate of drug-likeness (QED) is 0.528. The zero-order valence-electron chi connectivity index (χ0n) is 8.05. The lowest BCUT2D eigenvalue weighted by Crippen LogP contribution is -2.45. The Kier molecular flexibility index (Phi) is 3.95. The van der Waals surface area contributed by atoms with Gasteiger partial charge in [-0.05, 0) is 13.3 Å². The second kappa shape index (κ2) is 5.00. The number of hydrogen-bond donors (Lipinski definition) is 1. The second-order valence-corrected chi connectivity index (χ2v) is 3.51. The molecule has 0 unspecified atom stereocenters. The molecule has 1 N–H and O–H groups in total. The molecule has 0 saturated heterocycles. The van der Waals surface area contributed by atoms with Crippen LogP contribution in [0.1, 0.15) is 13.3 Å². The lowest BCUT2D eigenvalue weighted by atomic mass is 10.1. The van der Waals surface area contributed by atoms with Crippen molar-refractivity contribution in [3.8, 4) is 0 Å². The number of urea groups is 1. The summed E-state index contributed by atoms with van der Waals surface area (Å²) in [5.74, 6) is -0.641. The van der Waals surface area contributed by atoms with E-state index < -0.39 is 5.91 Å². The van der Waals surface area contributed by atoms with Gasteiger partial charge < -0.3 is 4.90 Å². The van der Waals surface area contributed by atoms with Gasteiger partial charge in [0, 0.05) is 13.1 Å². The Labute approximate surface area is 87.9 Å². The van der Waals surface area contributed by atoms with Gasteiger partial charge in [-0.1, -0.05) is 11.6 Å². The topological polar surface area (TPSA) is 49.4 Å². The Morgan fingerprint density at radius 3 is 2.93 bits per heavy atom. The van der Waals surface area contributed by atoms with Gasteiger partial charge in [-0.25, -0.2) is 4.79 Å². The zero-order chi connectivity index (χ0) is 10.6. The Balaban J connectivity index is 2.46. The predicted molar refractivity (Wildman–Crippen MR) is 54.2 cm³/mol. The predicted octanol–water partition coefficient (Wildman–Crippen LogP) is 1.11. The molecule has 1 aliphatic rings. The average Bonchev–Trinajstić information content (AvgIpc) is 2.17. The number of nitrogens with zero attached hydrogens (tertiary/aromatic N) is 1. The maximum atomic E-state index is 11.4. The molecule has 0 aromatic heterocycles. The largest absolute Gasteiger partial charge is 0.324 e. The van der Waals surface area contributed by atoms with E-state index in [9.17, 15) is 9.59 Å². The van der Waals surface area contributed by atoms with E-state index in [1.54, 1.807) is 4.90 Å². The van der Waals surface area contributed by atoms with Crippen molar-refractivity contribution >= 4 is 23.5 Å². The molecule has 0 aromatic rings. The van der Waals surface area contributed by atoms with Crippen molar-refractivity contribution in [2.75, 3.05) is 19.0 Å². The minimum Gasteiger partial charge on any atom is -0.320 e. The third kappa shape index (κ3) is 3.03. The number of carbonyl (C=O) groups excluding carboxylic acids is 2. The first kappa shape index (κ1) is 11.0. The van der Waals surface area contributed by atoms with Crippen molar-refractivity contribution in [2.45, 2.75) is 13.3 Å². The fourth-order valence-corrected chi connectivity index (χ4v) is 1.38. The first-order valence-corrected chi connectivity index (χ1v) is 4.97. The van der Waals surface area contributed by atoms with Crippen LogP contribution in [0.4, 0.5) is 4.79 Å². The van der Waals surface area contributed by atoms with Crippen molar-refractivity contribution in [3.63, 3.8) is 0 Å². The molecule has 1 rings (SSSR count). The molecule has 4 nitrogen and oxygen atoms in total. The van der Waals surface area contributed by atoms with Gasteiger partial charge in [-0.2, -0.15) is 0 Å². The number of imide groups is 1. The SMILES string of the molecule is CC1=CCCN(C(=O)NC(=O)CCl)C1. The molecule has 0 aliphatic carbocycles. The monoisotopic (exact) mass is 216 g/mol. The van der Waals surface area contributed by atoms with Gasteiger partial charge in [-0.3, -0.25) is 10.1 Å². The molecule has 0 spiro atoms. The van der Waals surface area contributed by atoms with Crippen LogP contribution in [-0.4, -0.2) is 35.8 Å². The fourth-order valence-electron chi connectivity index (χ4n) is 1.32. The van der Waals surface area contributed by atoms with Crippen molar-refractivity contribution < 1.29 is 9.59 Å². The van der Waals surface area contributed by atoms with E-state index in [2.05, 4.69) is 11.4 Å². The summed E-state index contributed by atoms with van der Waals surface area (Å²) in [6.07, 6.45) is 2.93. The van der Waals surface area contributed by atoms with Gasteiger partial charge in [-0.15, -0.1) is 11.6 Å². The number of hydrogen-bond acceptors (Lipinski definition) is 2. The van der Waals surface area contributed by atoms with E-state index in [-0.39, 0.29) is 11.9 Å². The number of carbonyl (C=O) groups is 2. The van der Waals surface area contributed by atoms with E-state index >= 15 is 0 Å². The molecule has 0 atom stereocenters. The number of nitrogens with one attached hydrogen (secondary N) is 1. The lowest BCUT2D eigenvalue weighted by Gasteiger charge is -2.25. The van der Waals surface area contributed by atoms with Crippen LogP contribution in [0, 0.1) is 0 Å². The standard InChI is InChI=1S/C9H13ClN2O2/c1-7-3-2-4-12(6-7)9(14)11-8(13)5-10/h3H,2,4-6H2,1H3,(H,11,13,14). The highest BCUT2D eigenvalue weighted by Gasteiger charge is 2.17. The maximum absolute atomic E-state index is 11.4. The van der Waals surface area contributed by atoms with E-state index in [1.165, 1.54) is 0 Å². The molecule has 0 bridgehead atoms. The van der Waals surface area contributed by atoms with Gasteiger partial charge in [0.05, 0.1) is 0 Å². The number of amides is 3.